The van der Waals surface area contributed by atoms with E-state index in [0.29, 0.717) is 17.7 Å². The summed E-state index contributed by atoms with van der Waals surface area (Å²) in [5.41, 5.74) is 5.64. The number of pyridine rings is 1. The van der Waals surface area contributed by atoms with Crippen LogP contribution in [0.5, 0.6) is 0 Å². The quantitative estimate of drug-likeness (QED) is 0.896. The molecular weight excluding hydrogens is 242 g/mol. The molecule has 0 unspecified atom stereocenters. The van der Waals surface area contributed by atoms with Gasteiger partial charge in [-0.25, -0.2) is 0 Å². The highest BCUT2D eigenvalue weighted by Crippen LogP contribution is 2.13. The van der Waals surface area contributed by atoms with E-state index < -0.39 is 0 Å². The molecular formula is C14H17N3O2. The zero-order valence-electron chi connectivity index (χ0n) is 11.1. The minimum absolute atomic E-state index is 0.0279. The predicted octanol–water partition coefficient (Wildman–Crippen LogP) is 1.06. The highest BCUT2D eigenvalue weighted by molar-refractivity contribution is 5.84. The lowest BCUT2D eigenvalue weighted by Gasteiger charge is -2.17. The molecule has 1 aromatic carbocycles. The fraction of sp³-hybridized carbons (Fsp3) is 0.286. The van der Waals surface area contributed by atoms with Crippen LogP contribution in [0.15, 0.2) is 35.1 Å². The van der Waals surface area contributed by atoms with Gasteiger partial charge in [-0.2, -0.15) is 0 Å². The van der Waals surface area contributed by atoms with Crippen molar-refractivity contribution in [2.75, 3.05) is 19.3 Å². The predicted molar refractivity (Wildman–Crippen MR) is 75.9 cm³/mol. The third-order valence-corrected chi connectivity index (χ3v) is 3.24. The van der Waals surface area contributed by atoms with Crippen molar-refractivity contribution in [1.82, 2.24) is 9.47 Å². The summed E-state index contributed by atoms with van der Waals surface area (Å²) in [6.07, 6.45) is 0. The van der Waals surface area contributed by atoms with Crippen LogP contribution in [0.2, 0.25) is 0 Å². The molecule has 1 amide bonds. The summed E-state index contributed by atoms with van der Waals surface area (Å²) in [6.45, 7) is 2.45. The van der Waals surface area contributed by atoms with Gasteiger partial charge in [0.05, 0.1) is 0 Å². The highest BCUT2D eigenvalue weighted by atomic mass is 16.2. The second-order valence-corrected chi connectivity index (χ2v) is 4.46. The average molecular weight is 259 g/mol. The summed E-state index contributed by atoms with van der Waals surface area (Å²) < 4.78 is 1.32. The monoisotopic (exact) mass is 259 g/mol. The van der Waals surface area contributed by atoms with Gasteiger partial charge < -0.3 is 10.6 Å². The molecule has 0 aliphatic rings. The normalized spacial score (nSPS) is 10.6. The number of anilines is 1. The van der Waals surface area contributed by atoms with Crippen molar-refractivity contribution >= 4 is 22.5 Å². The van der Waals surface area contributed by atoms with Gasteiger partial charge in [0.25, 0.3) is 5.56 Å². The second-order valence-electron chi connectivity index (χ2n) is 4.46. The van der Waals surface area contributed by atoms with E-state index in [1.807, 2.05) is 19.1 Å². The van der Waals surface area contributed by atoms with Crippen molar-refractivity contribution in [3.8, 4) is 0 Å². The van der Waals surface area contributed by atoms with Crippen molar-refractivity contribution in [2.24, 2.45) is 0 Å². The number of nitrogens with two attached hydrogens (primary N) is 1. The van der Waals surface area contributed by atoms with Crippen LogP contribution in [-0.4, -0.2) is 29.0 Å². The number of carbonyl (C=O) groups excluding carboxylic acids is 1. The fourth-order valence-electron chi connectivity index (χ4n) is 1.91. The molecule has 0 bridgehead atoms. The first-order valence-electron chi connectivity index (χ1n) is 6.16. The van der Waals surface area contributed by atoms with Gasteiger partial charge >= 0.3 is 0 Å². The molecule has 2 N–H and O–H groups in total. The van der Waals surface area contributed by atoms with Gasteiger partial charge in [-0.15, -0.1) is 0 Å². The number of nitrogens with zero attached hydrogens (tertiary/aromatic N) is 2. The van der Waals surface area contributed by atoms with Crippen molar-refractivity contribution in [2.45, 2.75) is 13.5 Å². The lowest BCUT2D eigenvalue weighted by Crippen LogP contribution is -2.34. The Morgan fingerprint density at radius 2 is 2.05 bits per heavy atom. The molecule has 2 rings (SSSR count). The summed E-state index contributed by atoms with van der Waals surface area (Å²) >= 11 is 0. The Bertz CT molecular complexity index is 676. The summed E-state index contributed by atoms with van der Waals surface area (Å²) in [5.74, 6) is 0.174. The molecule has 0 spiro atoms. The second kappa shape index (κ2) is 5.14. The van der Waals surface area contributed by atoms with Gasteiger partial charge in [-0.1, -0.05) is 18.2 Å². The van der Waals surface area contributed by atoms with Crippen LogP contribution in [0.4, 0.5) is 5.82 Å². The van der Waals surface area contributed by atoms with Crippen molar-refractivity contribution in [3.63, 3.8) is 0 Å². The first kappa shape index (κ1) is 13.1. The zero-order valence-corrected chi connectivity index (χ0v) is 11.1. The summed E-state index contributed by atoms with van der Waals surface area (Å²) in [6, 6.07) is 8.93. The molecule has 0 saturated heterocycles. The molecule has 100 valence electrons. The maximum absolute atomic E-state index is 12.3. The van der Waals surface area contributed by atoms with E-state index in [4.69, 9.17) is 5.73 Å². The lowest BCUT2D eigenvalue weighted by molar-refractivity contribution is -0.130. The summed E-state index contributed by atoms with van der Waals surface area (Å²) in [5, 5.41) is 1.36. The third-order valence-electron chi connectivity index (χ3n) is 3.24. The van der Waals surface area contributed by atoms with Crippen LogP contribution in [0.1, 0.15) is 6.92 Å². The summed E-state index contributed by atoms with van der Waals surface area (Å²) in [7, 11) is 1.70. The molecule has 1 aromatic heterocycles. The van der Waals surface area contributed by atoms with Gasteiger partial charge in [0.1, 0.15) is 12.4 Å². The number of likely N-dealkylation sites (N-methyl/N-ethyl adjacent to an activating group) is 1. The van der Waals surface area contributed by atoms with Gasteiger partial charge in [-0.3, -0.25) is 14.2 Å². The molecule has 0 aliphatic carbocycles. The van der Waals surface area contributed by atoms with E-state index >= 15 is 0 Å². The Morgan fingerprint density at radius 3 is 2.74 bits per heavy atom. The largest absolute Gasteiger partial charge is 0.385 e. The van der Waals surface area contributed by atoms with Crippen LogP contribution in [0.3, 0.4) is 0 Å². The number of fused-ring (bicyclic) bond motifs is 1. The molecule has 5 heteroatoms. The standard InChI is InChI=1S/C14H17N3O2/c1-3-16(2)13(18)9-17-12(15)8-10-6-4-5-7-11(10)14(17)19/h4-8H,3,9,15H2,1-2H3. The Labute approximate surface area is 111 Å². The van der Waals surface area contributed by atoms with E-state index in [0.717, 1.165) is 5.39 Å². The van der Waals surface area contributed by atoms with E-state index in [-0.39, 0.29) is 18.0 Å². The fourth-order valence-corrected chi connectivity index (χ4v) is 1.91. The topological polar surface area (TPSA) is 68.3 Å². The Hall–Kier alpha value is -2.30. The van der Waals surface area contributed by atoms with Crippen LogP contribution in [0.25, 0.3) is 10.8 Å². The number of benzene rings is 1. The molecule has 0 aliphatic heterocycles. The zero-order chi connectivity index (χ0) is 14.0. The molecule has 0 radical (unpaired) electrons. The number of rotatable bonds is 3. The highest BCUT2D eigenvalue weighted by Gasteiger charge is 2.12. The molecule has 19 heavy (non-hydrogen) atoms. The first-order chi connectivity index (χ1) is 9.04. The van der Waals surface area contributed by atoms with Crippen molar-refractivity contribution in [1.29, 1.82) is 0 Å². The first-order valence-corrected chi connectivity index (χ1v) is 6.16. The molecule has 1 heterocycles. The number of nitrogen functional groups attached to an aromatic ring is 1. The van der Waals surface area contributed by atoms with E-state index in [1.54, 1.807) is 30.1 Å². The Balaban J connectivity index is 2.49. The van der Waals surface area contributed by atoms with Gasteiger partial charge in [0.2, 0.25) is 5.91 Å². The van der Waals surface area contributed by atoms with Gasteiger partial charge in [-0.05, 0) is 24.4 Å². The number of aromatic nitrogens is 1. The van der Waals surface area contributed by atoms with Gasteiger partial charge in [0, 0.05) is 19.0 Å². The van der Waals surface area contributed by atoms with Crippen molar-refractivity contribution in [3.05, 3.63) is 40.7 Å². The maximum Gasteiger partial charge on any atom is 0.260 e. The number of carbonyl (C=O) groups is 1. The van der Waals surface area contributed by atoms with E-state index in [2.05, 4.69) is 0 Å². The molecule has 5 nitrogen and oxygen atoms in total. The SMILES string of the molecule is CCN(C)C(=O)Cn1c(N)cc2ccccc2c1=O. The van der Waals surface area contributed by atoms with Crippen LogP contribution in [-0.2, 0) is 11.3 Å². The number of hydrogen-bond donors (Lipinski definition) is 1. The molecule has 2 aromatic rings. The average Bonchev–Trinajstić information content (AvgIpc) is 2.42. The lowest BCUT2D eigenvalue weighted by atomic mass is 10.1. The minimum Gasteiger partial charge on any atom is -0.385 e. The minimum atomic E-state index is -0.228. The van der Waals surface area contributed by atoms with Crippen molar-refractivity contribution < 1.29 is 4.79 Å². The molecule has 0 saturated carbocycles. The summed E-state index contributed by atoms with van der Waals surface area (Å²) in [4.78, 5) is 25.8. The number of hydrogen-bond acceptors (Lipinski definition) is 3. The van der Waals surface area contributed by atoms with E-state index in [9.17, 15) is 9.59 Å². The molecule has 0 atom stereocenters. The van der Waals surface area contributed by atoms with E-state index in [1.165, 1.54) is 4.57 Å². The van der Waals surface area contributed by atoms with Crippen LogP contribution in [0, 0.1) is 0 Å². The van der Waals surface area contributed by atoms with Crippen LogP contribution >= 0.6 is 0 Å². The molecule has 0 fully saturated rings. The van der Waals surface area contributed by atoms with Crippen LogP contribution < -0.4 is 11.3 Å². The smallest absolute Gasteiger partial charge is 0.260 e. The number of amides is 1. The third kappa shape index (κ3) is 2.45. The Morgan fingerprint density at radius 1 is 1.37 bits per heavy atom. The maximum atomic E-state index is 12.3. The Kier molecular flexibility index (Phi) is 3.55. The van der Waals surface area contributed by atoms with Gasteiger partial charge in [0.15, 0.2) is 0 Å².